The van der Waals surface area contributed by atoms with Gasteiger partial charge in [-0.05, 0) is 50.7 Å². The molecule has 0 aromatic carbocycles. The predicted molar refractivity (Wildman–Crippen MR) is 118 cm³/mol. The Morgan fingerprint density at radius 3 is 2.52 bits per heavy atom. The molecule has 2 aliphatic rings. The van der Waals surface area contributed by atoms with Crippen LogP contribution in [0.25, 0.3) is 0 Å². The highest BCUT2D eigenvalue weighted by Crippen LogP contribution is 2.28. The molecule has 1 atom stereocenters. The molecule has 0 saturated carbocycles. The van der Waals surface area contributed by atoms with Crippen molar-refractivity contribution < 1.29 is 13.2 Å². The average Bonchev–Trinajstić information content (AvgIpc) is 3.17. The molecule has 0 spiro atoms. The highest BCUT2D eigenvalue weighted by Gasteiger charge is 2.28. The lowest BCUT2D eigenvalue weighted by Gasteiger charge is -2.33. The summed E-state index contributed by atoms with van der Waals surface area (Å²) in [5.41, 5.74) is 1.56. The van der Waals surface area contributed by atoms with Gasteiger partial charge in [0.15, 0.2) is 0 Å². The second kappa shape index (κ2) is 9.08. The van der Waals surface area contributed by atoms with Crippen molar-refractivity contribution in [1.82, 2.24) is 23.7 Å². The summed E-state index contributed by atoms with van der Waals surface area (Å²) in [6, 6.07) is 3.81. The fourth-order valence-corrected chi connectivity index (χ4v) is 5.59. The third-order valence-corrected chi connectivity index (χ3v) is 7.86. The molecule has 9 heteroatoms. The molecule has 8 nitrogen and oxygen atoms in total. The van der Waals surface area contributed by atoms with Gasteiger partial charge in [0.25, 0.3) is 5.91 Å². The van der Waals surface area contributed by atoms with Gasteiger partial charge in [-0.2, -0.15) is 0 Å². The highest BCUT2D eigenvalue weighted by atomic mass is 32.2. The minimum Gasteiger partial charge on any atom is -0.338 e. The Bertz CT molecular complexity index is 1010. The Morgan fingerprint density at radius 1 is 1.13 bits per heavy atom. The zero-order valence-corrected chi connectivity index (χ0v) is 19.1. The van der Waals surface area contributed by atoms with E-state index < -0.39 is 10.0 Å². The second-order valence-corrected chi connectivity index (χ2v) is 10.8. The van der Waals surface area contributed by atoms with Crippen LogP contribution in [0, 0.1) is 12.8 Å². The lowest BCUT2D eigenvalue weighted by atomic mass is 9.93. The molecule has 1 amide bonds. The predicted octanol–water partition coefficient (Wildman–Crippen LogP) is 2.28. The number of pyridine rings is 1. The molecule has 2 aromatic rings. The van der Waals surface area contributed by atoms with Gasteiger partial charge < -0.3 is 9.47 Å². The van der Waals surface area contributed by atoms with E-state index in [4.69, 9.17) is 0 Å². The molecular formula is C22H31N5O3S. The third-order valence-electron chi connectivity index (χ3n) is 6.56. The fourth-order valence-electron chi connectivity index (χ4n) is 4.71. The summed E-state index contributed by atoms with van der Waals surface area (Å²) < 4.78 is 27.1. The van der Waals surface area contributed by atoms with Gasteiger partial charge in [-0.25, -0.2) is 17.7 Å². The molecule has 2 saturated heterocycles. The van der Waals surface area contributed by atoms with Gasteiger partial charge in [-0.3, -0.25) is 9.78 Å². The SMILES string of the molecule is Cc1nccn1C[C@@H]1CCCN(C(=O)c2ccc(C3CCN(S(C)(=O)=O)CC3)nc2)C1. The maximum atomic E-state index is 13.0. The van der Waals surface area contributed by atoms with Crippen molar-refractivity contribution in [3.63, 3.8) is 0 Å². The first kappa shape index (κ1) is 22.0. The van der Waals surface area contributed by atoms with Crippen molar-refractivity contribution >= 4 is 15.9 Å². The van der Waals surface area contributed by atoms with Crippen LogP contribution < -0.4 is 0 Å². The van der Waals surface area contributed by atoms with Crippen LogP contribution in [-0.2, 0) is 16.6 Å². The van der Waals surface area contributed by atoms with E-state index in [2.05, 4.69) is 14.5 Å². The summed E-state index contributed by atoms with van der Waals surface area (Å²) in [5, 5.41) is 0. The summed E-state index contributed by atoms with van der Waals surface area (Å²) in [6.45, 7) is 5.48. The zero-order chi connectivity index (χ0) is 22.0. The number of piperidine rings is 2. The summed E-state index contributed by atoms with van der Waals surface area (Å²) in [5.74, 6) is 1.71. The zero-order valence-electron chi connectivity index (χ0n) is 18.3. The first-order valence-corrected chi connectivity index (χ1v) is 12.8. The maximum absolute atomic E-state index is 13.0. The average molecular weight is 446 g/mol. The van der Waals surface area contributed by atoms with E-state index in [9.17, 15) is 13.2 Å². The molecule has 2 fully saturated rings. The molecule has 0 unspecified atom stereocenters. The molecule has 0 aliphatic carbocycles. The number of amides is 1. The Hall–Kier alpha value is -2.26. The molecular weight excluding hydrogens is 414 g/mol. The van der Waals surface area contributed by atoms with Crippen LogP contribution in [0.2, 0.25) is 0 Å². The molecule has 0 bridgehead atoms. The molecule has 168 valence electrons. The first-order valence-electron chi connectivity index (χ1n) is 11.0. The largest absolute Gasteiger partial charge is 0.338 e. The van der Waals surface area contributed by atoms with Crippen molar-refractivity contribution in [1.29, 1.82) is 0 Å². The summed E-state index contributed by atoms with van der Waals surface area (Å²) in [7, 11) is -3.13. The lowest BCUT2D eigenvalue weighted by Crippen LogP contribution is -2.41. The van der Waals surface area contributed by atoms with Gasteiger partial charge in [0.05, 0.1) is 11.8 Å². The molecule has 0 N–H and O–H groups in total. The molecule has 31 heavy (non-hydrogen) atoms. The van der Waals surface area contributed by atoms with E-state index in [1.54, 1.807) is 6.20 Å². The number of aryl methyl sites for hydroxylation is 1. The maximum Gasteiger partial charge on any atom is 0.255 e. The van der Waals surface area contributed by atoms with E-state index in [-0.39, 0.29) is 11.8 Å². The molecule has 2 aliphatic heterocycles. The van der Waals surface area contributed by atoms with Crippen molar-refractivity contribution in [2.75, 3.05) is 32.4 Å². The van der Waals surface area contributed by atoms with E-state index in [0.29, 0.717) is 24.6 Å². The van der Waals surface area contributed by atoms with Crippen molar-refractivity contribution in [2.24, 2.45) is 5.92 Å². The highest BCUT2D eigenvalue weighted by molar-refractivity contribution is 7.88. The Balaban J connectivity index is 1.35. The van der Waals surface area contributed by atoms with Crippen molar-refractivity contribution in [3.05, 3.63) is 47.8 Å². The molecule has 4 heterocycles. The summed E-state index contributed by atoms with van der Waals surface area (Å²) in [4.78, 5) is 23.9. The standard InChI is InChI=1S/C22H31N5O3S/c1-17-23-9-13-25(17)15-18-4-3-10-26(16-18)22(28)20-5-6-21(24-14-20)19-7-11-27(12-8-19)31(2,29)30/h5-6,9,13-14,18-19H,3-4,7-8,10-12,15-16H2,1-2H3/t18-/m0/s1. The van der Waals surface area contributed by atoms with E-state index in [0.717, 1.165) is 56.8 Å². The van der Waals surface area contributed by atoms with Gasteiger partial charge in [0.2, 0.25) is 10.0 Å². The van der Waals surface area contributed by atoms with Crippen LogP contribution in [-0.4, -0.2) is 70.5 Å². The number of rotatable bonds is 5. The Kier molecular flexibility index (Phi) is 6.43. The van der Waals surface area contributed by atoms with Crippen LogP contribution in [0.4, 0.5) is 0 Å². The molecule has 4 rings (SSSR count). The first-order chi connectivity index (χ1) is 14.8. The number of imidazole rings is 1. The van der Waals surface area contributed by atoms with Crippen LogP contribution in [0.5, 0.6) is 0 Å². The minimum atomic E-state index is -3.13. The van der Waals surface area contributed by atoms with E-state index in [1.807, 2.05) is 36.4 Å². The van der Waals surface area contributed by atoms with E-state index >= 15 is 0 Å². The lowest BCUT2D eigenvalue weighted by molar-refractivity contribution is 0.0661. The Labute approximate surface area is 184 Å². The fraction of sp³-hybridized carbons (Fsp3) is 0.591. The number of aromatic nitrogens is 3. The number of nitrogens with zero attached hydrogens (tertiary/aromatic N) is 5. The quantitative estimate of drug-likeness (QED) is 0.705. The summed E-state index contributed by atoms with van der Waals surface area (Å²) in [6.07, 6.45) is 10.4. The van der Waals surface area contributed by atoms with Crippen molar-refractivity contribution in [3.8, 4) is 0 Å². The summed E-state index contributed by atoms with van der Waals surface area (Å²) >= 11 is 0. The molecule has 2 aromatic heterocycles. The normalized spacial score (nSPS) is 21.4. The monoisotopic (exact) mass is 445 g/mol. The van der Waals surface area contributed by atoms with Crippen LogP contribution in [0.15, 0.2) is 30.7 Å². The minimum absolute atomic E-state index is 0.0398. The topological polar surface area (TPSA) is 88.4 Å². The van der Waals surface area contributed by atoms with Gasteiger partial charge >= 0.3 is 0 Å². The van der Waals surface area contributed by atoms with Crippen LogP contribution in [0.1, 0.15) is 53.5 Å². The van der Waals surface area contributed by atoms with E-state index in [1.165, 1.54) is 10.6 Å². The van der Waals surface area contributed by atoms with Gasteiger partial charge in [0.1, 0.15) is 5.82 Å². The van der Waals surface area contributed by atoms with Crippen LogP contribution in [0.3, 0.4) is 0 Å². The molecule has 0 radical (unpaired) electrons. The number of sulfonamides is 1. The number of carbonyl (C=O) groups excluding carboxylic acids is 1. The number of hydrogen-bond acceptors (Lipinski definition) is 5. The van der Waals surface area contributed by atoms with Gasteiger partial charge in [-0.15, -0.1) is 0 Å². The Morgan fingerprint density at radius 2 is 1.90 bits per heavy atom. The number of carbonyl (C=O) groups is 1. The van der Waals surface area contributed by atoms with Crippen LogP contribution >= 0.6 is 0 Å². The smallest absolute Gasteiger partial charge is 0.255 e. The van der Waals surface area contributed by atoms with Gasteiger partial charge in [0, 0.05) is 62.9 Å². The van der Waals surface area contributed by atoms with Crippen molar-refractivity contribution in [2.45, 2.75) is 45.1 Å². The number of hydrogen-bond donors (Lipinski definition) is 0. The number of likely N-dealkylation sites (tertiary alicyclic amines) is 1. The third kappa shape index (κ3) is 5.15. The van der Waals surface area contributed by atoms with Gasteiger partial charge in [-0.1, -0.05) is 0 Å². The second-order valence-electron chi connectivity index (χ2n) is 8.79.